The van der Waals surface area contributed by atoms with Crippen LogP contribution in [0.5, 0.6) is 0 Å². The summed E-state index contributed by atoms with van der Waals surface area (Å²) in [6.45, 7) is 1.73. The van der Waals surface area contributed by atoms with Gasteiger partial charge in [-0.1, -0.05) is 0 Å². The minimum atomic E-state index is -3.96. The van der Waals surface area contributed by atoms with Crippen LogP contribution in [-0.4, -0.2) is 38.6 Å². The van der Waals surface area contributed by atoms with Gasteiger partial charge in [0.15, 0.2) is 0 Å². The molecule has 0 spiro atoms. The second-order valence-electron chi connectivity index (χ2n) is 4.15. The number of esters is 1. The number of nitrogens with one attached hydrogen (secondary N) is 1. The Labute approximate surface area is 134 Å². The number of rotatable bonds is 7. The zero-order valence-electron chi connectivity index (χ0n) is 11.3. The Balaban J connectivity index is 2.87. The van der Waals surface area contributed by atoms with Gasteiger partial charge in [-0.15, -0.1) is 11.3 Å². The number of halogens is 1. The number of hydrogen-bond donors (Lipinski definition) is 2. The van der Waals surface area contributed by atoms with Gasteiger partial charge in [-0.2, -0.15) is 4.72 Å². The molecule has 1 rings (SSSR count). The van der Waals surface area contributed by atoms with Crippen LogP contribution in [0.3, 0.4) is 0 Å². The molecule has 0 saturated carbocycles. The molecule has 0 aliphatic heterocycles. The maximum absolute atomic E-state index is 12.1. The zero-order chi connectivity index (χ0) is 16.2. The molecular weight excluding hydrogens is 386 g/mol. The lowest BCUT2D eigenvalue weighted by molar-refractivity contribution is -0.142. The van der Waals surface area contributed by atoms with Gasteiger partial charge >= 0.3 is 11.9 Å². The highest BCUT2D eigenvalue weighted by Gasteiger charge is 2.27. The number of carbonyl (C=O) groups is 2. The molecule has 7 nitrogen and oxygen atoms in total. The van der Waals surface area contributed by atoms with Crippen LogP contribution in [0, 0.1) is 6.92 Å². The summed E-state index contributed by atoms with van der Waals surface area (Å²) in [6, 6.07) is 0.0475. The summed E-state index contributed by atoms with van der Waals surface area (Å²) in [7, 11) is -2.78. The van der Waals surface area contributed by atoms with Crippen molar-refractivity contribution in [2.45, 2.75) is 30.0 Å². The van der Waals surface area contributed by atoms with E-state index in [1.807, 2.05) is 0 Å². The Morgan fingerprint density at radius 3 is 2.57 bits per heavy atom. The summed E-state index contributed by atoms with van der Waals surface area (Å²) in [5, 5.41) is 9.04. The lowest BCUT2D eigenvalue weighted by Crippen LogP contribution is -2.40. The SMILES string of the molecule is COC(=O)CC[C@@H](NS(=O)(=O)c1cc(C)c(Br)s1)C(=O)O. The van der Waals surface area contributed by atoms with Crippen LogP contribution in [0.1, 0.15) is 18.4 Å². The molecule has 0 aromatic carbocycles. The van der Waals surface area contributed by atoms with Crippen molar-refractivity contribution in [1.82, 2.24) is 4.72 Å². The summed E-state index contributed by atoms with van der Waals surface area (Å²) in [6.07, 6.45) is -0.379. The Morgan fingerprint density at radius 2 is 2.14 bits per heavy atom. The molecule has 0 radical (unpaired) electrons. The van der Waals surface area contributed by atoms with E-state index in [1.54, 1.807) is 6.92 Å². The van der Waals surface area contributed by atoms with Crippen molar-refractivity contribution in [3.63, 3.8) is 0 Å². The molecule has 1 aromatic heterocycles. The van der Waals surface area contributed by atoms with Gasteiger partial charge in [0.05, 0.1) is 10.9 Å². The number of aryl methyl sites for hydroxylation is 1. The third-order valence-corrected chi connectivity index (χ3v) is 6.64. The van der Waals surface area contributed by atoms with Gasteiger partial charge in [0.1, 0.15) is 10.3 Å². The van der Waals surface area contributed by atoms with Crippen molar-refractivity contribution in [3.8, 4) is 0 Å². The fourth-order valence-electron chi connectivity index (χ4n) is 1.41. The first-order valence-electron chi connectivity index (χ1n) is 5.75. The van der Waals surface area contributed by atoms with E-state index in [0.717, 1.165) is 16.9 Å². The van der Waals surface area contributed by atoms with Crippen molar-refractivity contribution in [1.29, 1.82) is 0 Å². The minimum absolute atomic E-state index is 0.0104. The van der Waals surface area contributed by atoms with E-state index < -0.39 is 28.0 Å². The van der Waals surface area contributed by atoms with Crippen LogP contribution in [0.4, 0.5) is 0 Å². The van der Waals surface area contributed by atoms with Crippen LogP contribution in [0.25, 0.3) is 0 Å². The van der Waals surface area contributed by atoms with Crippen molar-refractivity contribution < 1.29 is 27.9 Å². The molecule has 0 fully saturated rings. The van der Waals surface area contributed by atoms with Crippen molar-refractivity contribution in [2.75, 3.05) is 7.11 Å². The fraction of sp³-hybridized carbons (Fsp3) is 0.455. The van der Waals surface area contributed by atoms with Crippen LogP contribution in [-0.2, 0) is 24.3 Å². The molecule has 118 valence electrons. The van der Waals surface area contributed by atoms with Gasteiger partial charge in [-0.25, -0.2) is 8.42 Å². The Kier molecular flexibility index (Phi) is 6.32. The van der Waals surface area contributed by atoms with Gasteiger partial charge in [0, 0.05) is 6.42 Å². The number of thiophene rings is 1. The first-order valence-corrected chi connectivity index (χ1v) is 8.84. The second kappa shape index (κ2) is 7.34. The van der Waals surface area contributed by atoms with Crippen molar-refractivity contribution >= 4 is 49.2 Å². The van der Waals surface area contributed by atoms with Gasteiger partial charge in [0.2, 0.25) is 0 Å². The van der Waals surface area contributed by atoms with Crippen molar-refractivity contribution in [3.05, 3.63) is 15.4 Å². The summed E-state index contributed by atoms with van der Waals surface area (Å²) in [5.41, 5.74) is 0.738. The average Bonchev–Trinajstić information content (AvgIpc) is 2.74. The highest BCUT2D eigenvalue weighted by atomic mass is 79.9. The predicted molar refractivity (Wildman–Crippen MR) is 79.8 cm³/mol. The quantitative estimate of drug-likeness (QED) is 0.672. The summed E-state index contributed by atoms with van der Waals surface area (Å²) < 4.78 is 31.4. The molecule has 0 unspecified atom stereocenters. The highest BCUT2D eigenvalue weighted by molar-refractivity contribution is 9.11. The lowest BCUT2D eigenvalue weighted by Gasteiger charge is -2.13. The number of carbonyl (C=O) groups excluding carboxylic acids is 1. The molecule has 0 aliphatic rings. The number of sulfonamides is 1. The largest absolute Gasteiger partial charge is 0.480 e. The van der Waals surface area contributed by atoms with Gasteiger partial charge in [0.25, 0.3) is 10.0 Å². The third-order valence-electron chi connectivity index (χ3n) is 2.56. The summed E-state index contributed by atoms with van der Waals surface area (Å²) >= 11 is 4.20. The molecule has 0 amide bonds. The molecule has 1 aromatic rings. The number of carboxylic acids is 1. The summed E-state index contributed by atoms with van der Waals surface area (Å²) in [5.74, 6) is -1.95. The monoisotopic (exact) mass is 399 g/mol. The number of ether oxygens (including phenoxy) is 1. The smallest absolute Gasteiger partial charge is 0.321 e. The van der Waals surface area contributed by atoms with E-state index in [-0.39, 0.29) is 17.1 Å². The van der Waals surface area contributed by atoms with E-state index >= 15 is 0 Å². The molecule has 0 saturated heterocycles. The molecule has 2 N–H and O–H groups in total. The zero-order valence-corrected chi connectivity index (χ0v) is 14.5. The lowest BCUT2D eigenvalue weighted by atomic mass is 10.2. The molecule has 1 atom stereocenters. The first-order chi connectivity index (χ1) is 9.67. The maximum Gasteiger partial charge on any atom is 0.321 e. The van der Waals surface area contributed by atoms with Gasteiger partial charge in [-0.05, 0) is 40.9 Å². The standard InChI is InChI=1S/C11H14BrNO6S2/c1-6-5-9(20-10(6)12)21(17,18)13-7(11(15)16)3-4-8(14)19-2/h5,7,13H,3-4H2,1-2H3,(H,15,16)/t7-/m1/s1. The Hall–Kier alpha value is -0.970. The number of methoxy groups -OCH3 is 1. The fourth-order valence-corrected chi connectivity index (χ4v) is 4.87. The van der Waals surface area contributed by atoms with E-state index in [0.29, 0.717) is 3.79 Å². The van der Waals surface area contributed by atoms with Gasteiger partial charge in [-0.3, -0.25) is 9.59 Å². The van der Waals surface area contributed by atoms with Crippen LogP contribution < -0.4 is 4.72 Å². The topological polar surface area (TPSA) is 110 Å². The molecule has 21 heavy (non-hydrogen) atoms. The molecule has 0 bridgehead atoms. The number of aliphatic carboxylic acids is 1. The second-order valence-corrected chi connectivity index (χ2v) is 8.46. The number of carboxylic acid groups (broad SMARTS) is 1. The summed E-state index contributed by atoms with van der Waals surface area (Å²) in [4.78, 5) is 22.1. The Morgan fingerprint density at radius 1 is 1.52 bits per heavy atom. The minimum Gasteiger partial charge on any atom is -0.480 e. The highest BCUT2D eigenvalue weighted by Crippen LogP contribution is 2.30. The van der Waals surface area contributed by atoms with Crippen LogP contribution in [0.15, 0.2) is 14.1 Å². The van der Waals surface area contributed by atoms with E-state index in [2.05, 4.69) is 25.4 Å². The normalized spacial score (nSPS) is 12.9. The molecule has 10 heteroatoms. The van der Waals surface area contributed by atoms with E-state index in [4.69, 9.17) is 5.11 Å². The Bertz CT molecular complexity index is 620. The maximum atomic E-state index is 12.1. The first kappa shape index (κ1) is 18.1. The van der Waals surface area contributed by atoms with Gasteiger partial charge < -0.3 is 9.84 Å². The van der Waals surface area contributed by atoms with E-state index in [9.17, 15) is 18.0 Å². The molecule has 1 heterocycles. The van der Waals surface area contributed by atoms with E-state index in [1.165, 1.54) is 13.2 Å². The van der Waals surface area contributed by atoms with Crippen LogP contribution >= 0.6 is 27.3 Å². The number of hydrogen-bond acceptors (Lipinski definition) is 6. The molecule has 0 aliphatic carbocycles. The average molecular weight is 400 g/mol. The van der Waals surface area contributed by atoms with Crippen LogP contribution in [0.2, 0.25) is 0 Å². The van der Waals surface area contributed by atoms with Crippen molar-refractivity contribution in [2.24, 2.45) is 0 Å². The molecular formula is C11H14BrNO6S2. The predicted octanol–water partition coefficient (Wildman–Crippen LogP) is 1.50. The third kappa shape index (κ3) is 5.06.